The van der Waals surface area contributed by atoms with Crippen molar-refractivity contribution in [2.24, 2.45) is 5.73 Å². The molecule has 6 nitrogen and oxygen atoms in total. The van der Waals surface area contributed by atoms with E-state index in [1.165, 1.54) is 6.92 Å². The van der Waals surface area contributed by atoms with Gasteiger partial charge in [0, 0.05) is 20.4 Å². The molecule has 6 heteroatoms. The Morgan fingerprint density at radius 1 is 1.19 bits per heavy atom. The summed E-state index contributed by atoms with van der Waals surface area (Å²) < 4.78 is 5.04. The van der Waals surface area contributed by atoms with Gasteiger partial charge in [-0.2, -0.15) is 0 Å². The third kappa shape index (κ3) is 14.1. The number of hydrogen-bond acceptors (Lipinski definition) is 4. The number of carbonyl (C=O) groups is 2. The lowest BCUT2D eigenvalue weighted by molar-refractivity contribution is -0.122. The van der Waals surface area contributed by atoms with Crippen molar-refractivity contribution in [3.63, 3.8) is 0 Å². The number of primary amides is 1. The molecular weight excluding hydrogens is 270 g/mol. The number of ether oxygens (including phenoxy) is 1. The summed E-state index contributed by atoms with van der Waals surface area (Å²) in [6, 6.07) is 7.72. The van der Waals surface area contributed by atoms with Gasteiger partial charge in [-0.05, 0) is 24.1 Å². The van der Waals surface area contributed by atoms with E-state index >= 15 is 0 Å². The zero-order valence-corrected chi connectivity index (χ0v) is 13.5. The van der Waals surface area contributed by atoms with Gasteiger partial charge >= 0.3 is 0 Å². The van der Waals surface area contributed by atoms with E-state index in [1.807, 2.05) is 38.1 Å². The van der Waals surface area contributed by atoms with E-state index in [1.54, 1.807) is 14.2 Å². The second-order valence-electron chi connectivity index (χ2n) is 3.76. The third-order valence-corrected chi connectivity index (χ3v) is 2.06. The number of hydrazine groups is 1. The Bertz CT molecular complexity index is 388. The summed E-state index contributed by atoms with van der Waals surface area (Å²) >= 11 is 0. The molecule has 0 saturated heterocycles. The summed E-state index contributed by atoms with van der Waals surface area (Å²) in [5.41, 5.74) is 10.7. The maximum absolute atomic E-state index is 11.1. The molecular formula is C15H27N3O3. The molecule has 4 N–H and O–H groups in total. The molecule has 2 amide bonds. The molecule has 1 aromatic carbocycles. The Kier molecular flexibility index (Phi) is 14.5. The van der Waals surface area contributed by atoms with Crippen molar-refractivity contribution < 1.29 is 14.3 Å². The molecule has 1 aromatic rings. The zero-order valence-electron chi connectivity index (χ0n) is 13.5. The third-order valence-electron chi connectivity index (χ3n) is 2.06. The molecule has 0 spiro atoms. The first-order valence-corrected chi connectivity index (χ1v) is 6.84. The van der Waals surface area contributed by atoms with Crippen molar-refractivity contribution in [3.8, 4) is 5.75 Å². The van der Waals surface area contributed by atoms with E-state index in [-0.39, 0.29) is 11.8 Å². The first-order chi connectivity index (χ1) is 9.99. The lowest BCUT2D eigenvalue weighted by Crippen LogP contribution is -2.34. The van der Waals surface area contributed by atoms with Crippen LogP contribution in [-0.4, -0.2) is 26.0 Å². The molecule has 0 saturated carbocycles. The first-order valence-electron chi connectivity index (χ1n) is 6.84. The Labute approximate surface area is 127 Å². The van der Waals surface area contributed by atoms with Gasteiger partial charge in [-0.25, -0.2) is 5.43 Å². The van der Waals surface area contributed by atoms with Crippen LogP contribution in [0.4, 0.5) is 0 Å². The first kappa shape index (κ1) is 21.2. The second kappa shape index (κ2) is 14.3. The molecule has 0 fully saturated rings. The maximum atomic E-state index is 11.1. The van der Waals surface area contributed by atoms with Gasteiger partial charge in [0.25, 0.3) is 0 Å². The number of methoxy groups -OCH3 is 1. The highest BCUT2D eigenvalue weighted by Gasteiger charge is 2.00. The standard InChI is InChI=1S/C11H16N2O2.C2H5NO.C2H6/c1-12-13-11(14)8-5-9-3-6-10(15-2)7-4-9;1-2(3)4;1-2/h3-4,6-7,12H,5,8H2,1-2H3,(H,13,14);1H3,(H2,3,4);1-2H3. The maximum Gasteiger partial charge on any atom is 0.234 e. The summed E-state index contributed by atoms with van der Waals surface area (Å²) in [6.07, 6.45) is 1.21. The van der Waals surface area contributed by atoms with Crippen molar-refractivity contribution in [1.82, 2.24) is 10.9 Å². The van der Waals surface area contributed by atoms with Crippen LogP contribution in [0.25, 0.3) is 0 Å². The minimum absolute atomic E-state index is 0.00619. The predicted octanol–water partition coefficient (Wildman–Crippen LogP) is 1.40. The van der Waals surface area contributed by atoms with E-state index in [4.69, 9.17) is 4.74 Å². The Balaban J connectivity index is 0. The number of benzene rings is 1. The highest BCUT2D eigenvalue weighted by atomic mass is 16.5. The van der Waals surface area contributed by atoms with Crippen molar-refractivity contribution in [2.45, 2.75) is 33.6 Å². The van der Waals surface area contributed by atoms with Crippen LogP contribution in [0.1, 0.15) is 32.8 Å². The smallest absolute Gasteiger partial charge is 0.234 e. The number of rotatable bonds is 5. The van der Waals surface area contributed by atoms with Gasteiger partial charge in [0.1, 0.15) is 5.75 Å². The highest BCUT2D eigenvalue weighted by molar-refractivity contribution is 5.75. The highest BCUT2D eigenvalue weighted by Crippen LogP contribution is 2.12. The van der Waals surface area contributed by atoms with Gasteiger partial charge in [0.15, 0.2) is 0 Å². The van der Waals surface area contributed by atoms with Gasteiger partial charge in [0.05, 0.1) is 7.11 Å². The van der Waals surface area contributed by atoms with Crippen LogP contribution in [0.5, 0.6) is 5.75 Å². The molecule has 1 rings (SSSR count). The summed E-state index contributed by atoms with van der Waals surface area (Å²) in [6.45, 7) is 5.31. The van der Waals surface area contributed by atoms with Gasteiger partial charge in [0.2, 0.25) is 11.8 Å². The summed E-state index contributed by atoms with van der Waals surface area (Å²) in [5, 5.41) is 0. The van der Waals surface area contributed by atoms with E-state index in [2.05, 4.69) is 16.6 Å². The van der Waals surface area contributed by atoms with E-state index in [0.717, 1.165) is 17.7 Å². The second-order valence-corrected chi connectivity index (χ2v) is 3.76. The lowest BCUT2D eigenvalue weighted by Gasteiger charge is -2.04. The molecule has 0 aliphatic rings. The quantitative estimate of drug-likeness (QED) is 0.716. The van der Waals surface area contributed by atoms with Crippen molar-refractivity contribution in [3.05, 3.63) is 29.8 Å². The summed E-state index contributed by atoms with van der Waals surface area (Å²) in [5.74, 6) is 0.492. The largest absolute Gasteiger partial charge is 0.497 e. The monoisotopic (exact) mass is 297 g/mol. The Hall–Kier alpha value is -2.08. The number of carbonyl (C=O) groups excluding carboxylic acids is 2. The Morgan fingerprint density at radius 2 is 1.67 bits per heavy atom. The molecule has 0 bridgehead atoms. The number of nitrogens with two attached hydrogens (primary N) is 1. The van der Waals surface area contributed by atoms with Crippen molar-refractivity contribution in [1.29, 1.82) is 0 Å². The molecule has 0 aromatic heterocycles. The van der Waals surface area contributed by atoms with Crippen LogP contribution < -0.4 is 21.3 Å². The molecule has 120 valence electrons. The Morgan fingerprint density at radius 3 is 2.05 bits per heavy atom. The number of hydrogen-bond donors (Lipinski definition) is 3. The van der Waals surface area contributed by atoms with Crippen LogP contribution >= 0.6 is 0 Å². The molecule has 0 atom stereocenters. The minimum Gasteiger partial charge on any atom is -0.497 e. The van der Waals surface area contributed by atoms with E-state index < -0.39 is 0 Å². The summed E-state index contributed by atoms with van der Waals surface area (Å²) in [7, 11) is 3.31. The van der Waals surface area contributed by atoms with E-state index in [9.17, 15) is 9.59 Å². The predicted molar refractivity (Wildman–Crippen MR) is 84.7 cm³/mol. The average molecular weight is 297 g/mol. The fourth-order valence-corrected chi connectivity index (χ4v) is 1.25. The number of aryl methyl sites for hydroxylation is 1. The van der Waals surface area contributed by atoms with Crippen molar-refractivity contribution >= 4 is 11.8 Å². The molecule has 21 heavy (non-hydrogen) atoms. The van der Waals surface area contributed by atoms with Crippen LogP contribution in [0.3, 0.4) is 0 Å². The topological polar surface area (TPSA) is 93.5 Å². The molecule has 0 heterocycles. The fourth-order valence-electron chi connectivity index (χ4n) is 1.25. The van der Waals surface area contributed by atoms with Crippen LogP contribution in [0, 0.1) is 0 Å². The van der Waals surface area contributed by atoms with Gasteiger partial charge in [-0.3, -0.25) is 15.0 Å². The van der Waals surface area contributed by atoms with Crippen LogP contribution in [-0.2, 0) is 16.0 Å². The minimum atomic E-state index is -0.333. The van der Waals surface area contributed by atoms with Crippen LogP contribution in [0.2, 0.25) is 0 Å². The van der Waals surface area contributed by atoms with Crippen molar-refractivity contribution in [2.75, 3.05) is 14.2 Å². The van der Waals surface area contributed by atoms with Crippen LogP contribution in [0.15, 0.2) is 24.3 Å². The van der Waals surface area contributed by atoms with Gasteiger partial charge in [-0.15, -0.1) is 0 Å². The normalized spacial score (nSPS) is 8.43. The van der Waals surface area contributed by atoms with E-state index in [0.29, 0.717) is 6.42 Å². The van der Waals surface area contributed by atoms with Gasteiger partial charge in [-0.1, -0.05) is 26.0 Å². The molecule has 0 aliphatic carbocycles. The molecule has 0 unspecified atom stereocenters. The number of amides is 2. The average Bonchev–Trinajstić information content (AvgIpc) is 2.47. The number of nitrogens with one attached hydrogen (secondary N) is 2. The SMILES string of the molecule is CC.CC(N)=O.CNNC(=O)CCc1ccc(OC)cc1. The fraction of sp³-hybridized carbons (Fsp3) is 0.467. The lowest BCUT2D eigenvalue weighted by atomic mass is 10.1. The summed E-state index contributed by atoms with van der Waals surface area (Å²) in [4.78, 5) is 20.4. The zero-order chi connectivity index (χ0) is 16.7. The van der Waals surface area contributed by atoms with Gasteiger partial charge < -0.3 is 10.5 Å². The molecule has 0 radical (unpaired) electrons. The molecule has 0 aliphatic heterocycles.